The molecule has 0 unspecified atom stereocenters. The molecule has 18 heavy (non-hydrogen) atoms. The molecule has 0 heterocycles. The van der Waals surface area contributed by atoms with Crippen LogP contribution in [0.1, 0.15) is 47.0 Å². The van der Waals surface area contributed by atoms with Crippen molar-refractivity contribution < 1.29 is 4.74 Å². The van der Waals surface area contributed by atoms with Crippen molar-refractivity contribution in [3.63, 3.8) is 0 Å². The molecular weight excluding hydrogens is 224 g/mol. The third-order valence-electron chi connectivity index (χ3n) is 2.83. The van der Waals surface area contributed by atoms with Gasteiger partial charge in [-0.2, -0.15) is 0 Å². The largest absolute Gasteiger partial charge is 0.491 e. The van der Waals surface area contributed by atoms with Gasteiger partial charge in [-0.05, 0) is 38.8 Å². The van der Waals surface area contributed by atoms with Crippen molar-refractivity contribution in [2.24, 2.45) is 0 Å². The van der Waals surface area contributed by atoms with Gasteiger partial charge in [0.05, 0.1) is 12.3 Å². The van der Waals surface area contributed by atoms with E-state index >= 15 is 0 Å². The normalized spacial score (nSPS) is 11.3. The van der Waals surface area contributed by atoms with E-state index in [0.29, 0.717) is 12.3 Å². The quantitative estimate of drug-likeness (QED) is 0.718. The predicted molar refractivity (Wildman–Crippen MR) is 79.3 cm³/mol. The van der Waals surface area contributed by atoms with Gasteiger partial charge in [-0.25, -0.2) is 0 Å². The summed E-state index contributed by atoms with van der Waals surface area (Å²) in [4.78, 5) is 0. The van der Waals surface area contributed by atoms with E-state index < -0.39 is 0 Å². The summed E-state index contributed by atoms with van der Waals surface area (Å²) in [6.45, 7) is 9.40. The van der Waals surface area contributed by atoms with Crippen molar-refractivity contribution in [2.75, 3.05) is 17.7 Å². The van der Waals surface area contributed by atoms with Gasteiger partial charge in [-0.15, -0.1) is 0 Å². The summed E-state index contributed by atoms with van der Waals surface area (Å²) in [5, 5.41) is 3.53. The Labute approximate surface area is 111 Å². The minimum atomic E-state index is 0.0902. The fraction of sp³-hybridized carbons (Fsp3) is 0.600. The summed E-state index contributed by atoms with van der Waals surface area (Å²) in [5.41, 5.74) is 7.75. The van der Waals surface area contributed by atoms with Gasteiger partial charge in [0.2, 0.25) is 0 Å². The number of nitrogens with two attached hydrogens (primary N) is 1. The van der Waals surface area contributed by atoms with Gasteiger partial charge in [0.15, 0.2) is 0 Å². The molecule has 0 fully saturated rings. The fourth-order valence-electron chi connectivity index (χ4n) is 2.03. The highest BCUT2D eigenvalue weighted by atomic mass is 16.5. The van der Waals surface area contributed by atoms with Crippen LogP contribution in [0.3, 0.4) is 0 Å². The molecule has 1 aromatic carbocycles. The van der Waals surface area contributed by atoms with Crippen molar-refractivity contribution >= 4 is 11.4 Å². The van der Waals surface area contributed by atoms with Crippen molar-refractivity contribution in [3.8, 4) is 5.75 Å². The second-order valence-corrected chi connectivity index (χ2v) is 5.36. The Kier molecular flexibility index (Phi) is 5.32. The Hall–Kier alpha value is -1.38. The van der Waals surface area contributed by atoms with E-state index in [0.717, 1.165) is 30.7 Å². The number of nitrogens with one attached hydrogen (secondary N) is 1. The molecule has 0 aliphatic carbocycles. The molecule has 0 spiro atoms. The zero-order valence-electron chi connectivity index (χ0n) is 12.0. The average Bonchev–Trinajstić information content (AvgIpc) is 2.29. The fourth-order valence-corrected chi connectivity index (χ4v) is 2.03. The number of ether oxygens (including phenoxy) is 1. The number of hydrogen-bond acceptors (Lipinski definition) is 3. The molecule has 1 rings (SSSR count). The standard InChI is InChI=1S/C15H26N2O/c1-5-9-15(3,4)17-12-7-8-13(16)14(11-12)18-10-6-2/h7-8,11,17H,5-6,9-10,16H2,1-4H3. The second-order valence-electron chi connectivity index (χ2n) is 5.36. The lowest BCUT2D eigenvalue weighted by Gasteiger charge is -2.27. The molecule has 3 N–H and O–H groups in total. The molecule has 1 aromatic rings. The van der Waals surface area contributed by atoms with Crippen molar-refractivity contribution in [3.05, 3.63) is 18.2 Å². The van der Waals surface area contributed by atoms with Crippen LogP contribution in [0.4, 0.5) is 11.4 Å². The van der Waals surface area contributed by atoms with Crippen molar-refractivity contribution in [2.45, 2.75) is 52.5 Å². The lowest BCUT2D eigenvalue weighted by molar-refractivity contribution is 0.319. The van der Waals surface area contributed by atoms with Crippen molar-refractivity contribution in [1.82, 2.24) is 0 Å². The van der Waals surface area contributed by atoms with E-state index in [1.807, 2.05) is 18.2 Å². The van der Waals surface area contributed by atoms with Gasteiger partial charge in [0.25, 0.3) is 0 Å². The topological polar surface area (TPSA) is 47.3 Å². The number of anilines is 2. The molecule has 0 aromatic heterocycles. The van der Waals surface area contributed by atoms with E-state index in [1.165, 1.54) is 0 Å². The third kappa shape index (κ3) is 4.47. The highest BCUT2D eigenvalue weighted by Gasteiger charge is 2.16. The predicted octanol–water partition coefficient (Wildman–Crippen LogP) is 4.05. The molecule has 0 atom stereocenters. The molecule has 0 amide bonds. The van der Waals surface area contributed by atoms with E-state index in [4.69, 9.17) is 10.5 Å². The Morgan fingerprint density at radius 3 is 2.56 bits per heavy atom. The smallest absolute Gasteiger partial charge is 0.144 e. The third-order valence-corrected chi connectivity index (χ3v) is 2.83. The zero-order valence-corrected chi connectivity index (χ0v) is 12.0. The van der Waals surface area contributed by atoms with E-state index in [9.17, 15) is 0 Å². The SMILES string of the molecule is CCCOc1cc(NC(C)(C)CCC)ccc1N. The molecule has 0 aliphatic heterocycles. The Bertz CT molecular complexity index is 375. The lowest BCUT2D eigenvalue weighted by Crippen LogP contribution is -2.30. The first-order valence-electron chi connectivity index (χ1n) is 6.79. The number of benzene rings is 1. The van der Waals surface area contributed by atoms with Crippen LogP contribution in [0.15, 0.2) is 18.2 Å². The molecule has 3 nitrogen and oxygen atoms in total. The summed E-state index contributed by atoms with van der Waals surface area (Å²) in [6, 6.07) is 5.89. The van der Waals surface area contributed by atoms with Gasteiger partial charge in [-0.1, -0.05) is 20.3 Å². The Balaban J connectivity index is 2.78. The van der Waals surface area contributed by atoms with E-state index in [-0.39, 0.29) is 5.54 Å². The number of rotatable bonds is 7. The van der Waals surface area contributed by atoms with Crippen LogP contribution in [0.2, 0.25) is 0 Å². The van der Waals surface area contributed by atoms with Crippen LogP contribution in [-0.4, -0.2) is 12.1 Å². The Morgan fingerprint density at radius 1 is 1.22 bits per heavy atom. The van der Waals surface area contributed by atoms with Crippen LogP contribution in [0.5, 0.6) is 5.75 Å². The average molecular weight is 250 g/mol. The van der Waals surface area contributed by atoms with Gasteiger partial charge < -0.3 is 15.8 Å². The van der Waals surface area contributed by atoms with Crippen LogP contribution in [0, 0.1) is 0 Å². The number of hydrogen-bond donors (Lipinski definition) is 2. The van der Waals surface area contributed by atoms with Gasteiger partial charge in [0, 0.05) is 17.3 Å². The molecule has 0 aliphatic rings. The first kappa shape index (κ1) is 14.7. The van der Waals surface area contributed by atoms with Crippen LogP contribution in [0.25, 0.3) is 0 Å². The molecular formula is C15H26N2O. The maximum Gasteiger partial charge on any atom is 0.144 e. The molecule has 0 radical (unpaired) electrons. The molecule has 3 heteroatoms. The summed E-state index contributed by atoms with van der Waals surface area (Å²) in [5.74, 6) is 0.772. The minimum Gasteiger partial charge on any atom is -0.491 e. The lowest BCUT2D eigenvalue weighted by atomic mass is 9.98. The molecule has 102 valence electrons. The second kappa shape index (κ2) is 6.53. The highest BCUT2D eigenvalue weighted by molar-refractivity contribution is 5.61. The highest BCUT2D eigenvalue weighted by Crippen LogP contribution is 2.28. The minimum absolute atomic E-state index is 0.0902. The first-order chi connectivity index (χ1) is 8.48. The molecule has 0 bridgehead atoms. The van der Waals surface area contributed by atoms with Crippen LogP contribution < -0.4 is 15.8 Å². The van der Waals surface area contributed by atoms with Crippen molar-refractivity contribution in [1.29, 1.82) is 0 Å². The molecule has 0 saturated carbocycles. The maximum atomic E-state index is 5.90. The van der Waals surface area contributed by atoms with Gasteiger partial charge in [-0.3, -0.25) is 0 Å². The summed E-state index contributed by atoms with van der Waals surface area (Å²) >= 11 is 0. The number of nitrogen functional groups attached to an aromatic ring is 1. The van der Waals surface area contributed by atoms with Gasteiger partial charge >= 0.3 is 0 Å². The summed E-state index contributed by atoms with van der Waals surface area (Å²) in [6.07, 6.45) is 3.27. The van der Waals surface area contributed by atoms with Crippen LogP contribution >= 0.6 is 0 Å². The summed E-state index contributed by atoms with van der Waals surface area (Å²) < 4.78 is 5.64. The maximum absolute atomic E-state index is 5.90. The summed E-state index contributed by atoms with van der Waals surface area (Å²) in [7, 11) is 0. The molecule has 0 saturated heterocycles. The zero-order chi connectivity index (χ0) is 13.6. The first-order valence-corrected chi connectivity index (χ1v) is 6.79. The van der Waals surface area contributed by atoms with E-state index in [2.05, 4.69) is 33.0 Å². The van der Waals surface area contributed by atoms with Crippen LogP contribution in [-0.2, 0) is 0 Å². The Morgan fingerprint density at radius 2 is 1.94 bits per heavy atom. The van der Waals surface area contributed by atoms with Gasteiger partial charge in [0.1, 0.15) is 5.75 Å². The monoisotopic (exact) mass is 250 g/mol. The van der Waals surface area contributed by atoms with E-state index in [1.54, 1.807) is 0 Å².